The van der Waals surface area contributed by atoms with Crippen LogP contribution in [0.5, 0.6) is 0 Å². The lowest BCUT2D eigenvalue weighted by molar-refractivity contribution is 0.0601. The summed E-state index contributed by atoms with van der Waals surface area (Å²) in [6.45, 7) is 3.69. The van der Waals surface area contributed by atoms with Crippen LogP contribution in [0.15, 0.2) is 18.2 Å². The van der Waals surface area contributed by atoms with E-state index < -0.39 is 17.6 Å². The first-order valence-electron chi connectivity index (χ1n) is 6.54. The van der Waals surface area contributed by atoms with Gasteiger partial charge in [0.15, 0.2) is 16.7 Å². The average Bonchev–Trinajstić information content (AvgIpc) is 2.76. The van der Waals surface area contributed by atoms with Crippen molar-refractivity contribution in [3.63, 3.8) is 0 Å². The number of nitrogens with one attached hydrogen (secondary N) is 2. The lowest BCUT2D eigenvalue weighted by atomic mass is 10.1. The maximum absolute atomic E-state index is 13.2. The van der Waals surface area contributed by atoms with Gasteiger partial charge in [-0.2, -0.15) is 0 Å². The molecular formula is C15H14F2N2O2S2. The Morgan fingerprint density at radius 1 is 1.22 bits per heavy atom. The monoisotopic (exact) mass is 356 g/mol. The third-order valence-electron chi connectivity index (χ3n) is 3.18. The largest absolute Gasteiger partial charge is 0.465 e. The molecule has 0 aliphatic carbocycles. The number of esters is 1. The van der Waals surface area contributed by atoms with Gasteiger partial charge >= 0.3 is 5.97 Å². The highest BCUT2D eigenvalue weighted by molar-refractivity contribution is 7.80. The number of thiocarbonyl (C=S) groups is 1. The highest BCUT2D eigenvalue weighted by Crippen LogP contribution is 2.33. The van der Waals surface area contributed by atoms with Crippen LogP contribution in [-0.2, 0) is 4.74 Å². The minimum atomic E-state index is -0.976. The molecule has 0 unspecified atom stereocenters. The zero-order valence-corrected chi connectivity index (χ0v) is 14.3. The first-order chi connectivity index (χ1) is 10.8. The lowest BCUT2D eigenvalue weighted by Crippen LogP contribution is -2.20. The molecule has 0 amide bonds. The number of thiophene rings is 1. The van der Waals surface area contributed by atoms with Gasteiger partial charge in [-0.25, -0.2) is 13.6 Å². The summed E-state index contributed by atoms with van der Waals surface area (Å²) in [7, 11) is 1.30. The first-order valence-corrected chi connectivity index (χ1v) is 7.77. The van der Waals surface area contributed by atoms with Gasteiger partial charge in [0, 0.05) is 16.6 Å². The molecule has 0 fully saturated rings. The van der Waals surface area contributed by atoms with Gasteiger partial charge in [-0.3, -0.25) is 0 Å². The number of methoxy groups -OCH3 is 1. The highest BCUT2D eigenvalue weighted by Gasteiger charge is 2.20. The van der Waals surface area contributed by atoms with Crippen molar-refractivity contribution in [3.8, 4) is 0 Å². The smallest absolute Gasteiger partial charge is 0.341 e. The minimum Gasteiger partial charge on any atom is -0.465 e. The number of carbonyl (C=O) groups is 1. The van der Waals surface area contributed by atoms with E-state index in [9.17, 15) is 13.6 Å². The van der Waals surface area contributed by atoms with E-state index in [2.05, 4.69) is 10.6 Å². The molecule has 0 saturated heterocycles. The number of carbonyl (C=O) groups excluding carboxylic acids is 1. The van der Waals surface area contributed by atoms with E-state index in [0.717, 1.165) is 22.6 Å². The molecule has 2 N–H and O–H groups in total. The summed E-state index contributed by atoms with van der Waals surface area (Å²) >= 11 is 6.50. The van der Waals surface area contributed by atoms with E-state index in [1.54, 1.807) is 0 Å². The minimum absolute atomic E-state index is 0.155. The number of halogens is 2. The van der Waals surface area contributed by atoms with Crippen LogP contribution in [0.3, 0.4) is 0 Å². The van der Waals surface area contributed by atoms with Crippen LogP contribution in [-0.4, -0.2) is 18.2 Å². The van der Waals surface area contributed by atoms with Crippen LogP contribution < -0.4 is 10.6 Å². The Kier molecular flexibility index (Phi) is 5.27. The van der Waals surface area contributed by atoms with Crippen molar-refractivity contribution in [3.05, 3.63) is 45.8 Å². The third-order valence-corrected chi connectivity index (χ3v) is 4.51. The highest BCUT2D eigenvalue weighted by atomic mass is 32.1. The van der Waals surface area contributed by atoms with Gasteiger partial charge in [0.25, 0.3) is 0 Å². The third kappa shape index (κ3) is 3.83. The number of benzene rings is 1. The van der Waals surface area contributed by atoms with Gasteiger partial charge in [-0.05, 0) is 43.8 Å². The molecule has 0 spiro atoms. The van der Waals surface area contributed by atoms with E-state index >= 15 is 0 Å². The summed E-state index contributed by atoms with van der Waals surface area (Å²) in [5.41, 5.74) is 1.51. The predicted molar refractivity (Wildman–Crippen MR) is 91.3 cm³/mol. The van der Waals surface area contributed by atoms with Crippen LogP contribution in [0.4, 0.5) is 19.5 Å². The van der Waals surface area contributed by atoms with Crippen molar-refractivity contribution in [2.75, 3.05) is 17.7 Å². The second-order valence-electron chi connectivity index (χ2n) is 4.69. The Bertz CT molecular complexity index is 775. The molecule has 2 rings (SSSR count). The Balaban J connectivity index is 2.18. The van der Waals surface area contributed by atoms with E-state index in [0.29, 0.717) is 16.3 Å². The number of aryl methyl sites for hydroxylation is 1. The summed E-state index contributed by atoms with van der Waals surface area (Å²) in [6.07, 6.45) is 0. The lowest BCUT2D eigenvalue weighted by Gasteiger charge is -2.11. The van der Waals surface area contributed by atoms with Crippen molar-refractivity contribution in [1.29, 1.82) is 0 Å². The van der Waals surface area contributed by atoms with Crippen molar-refractivity contribution >= 4 is 45.3 Å². The van der Waals surface area contributed by atoms with E-state index in [4.69, 9.17) is 17.0 Å². The fraction of sp³-hybridized carbons (Fsp3) is 0.200. The van der Waals surface area contributed by atoms with Crippen molar-refractivity contribution in [2.24, 2.45) is 0 Å². The Morgan fingerprint density at radius 2 is 1.91 bits per heavy atom. The van der Waals surface area contributed by atoms with Gasteiger partial charge in [0.2, 0.25) is 0 Å². The van der Waals surface area contributed by atoms with Gasteiger partial charge in [0.1, 0.15) is 5.00 Å². The summed E-state index contributed by atoms with van der Waals surface area (Å²) < 4.78 is 30.9. The van der Waals surface area contributed by atoms with E-state index in [-0.39, 0.29) is 5.11 Å². The van der Waals surface area contributed by atoms with Gasteiger partial charge < -0.3 is 15.4 Å². The maximum atomic E-state index is 13.2. The quantitative estimate of drug-likeness (QED) is 0.636. The topological polar surface area (TPSA) is 50.4 Å². The summed E-state index contributed by atoms with van der Waals surface area (Å²) in [4.78, 5) is 12.8. The van der Waals surface area contributed by atoms with Crippen LogP contribution in [0.2, 0.25) is 0 Å². The molecule has 2 aromatic rings. The fourth-order valence-corrected chi connectivity index (χ4v) is 3.24. The SMILES string of the molecule is COC(=O)c1c(NC(=S)Nc2ccc(F)c(F)c2)sc(C)c1C. The molecule has 0 atom stereocenters. The molecule has 8 heteroatoms. The van der Waals surface area contributed by atoms with Crippen molar-refractivity contribution in [1.82, 2.24) is 0 Å². The van der Waals surface area contributed by atoms with Crippen LogP contribution in [0, 0.1) is 25.5 Å². The molecule has 1 heterocycles. The summed E-state index contributed by atoms with van der Waals surface area (Å²) in [6, 6.07) is 3.35. The number of hydrogen-bond acceptors (Lipinski definition) is 4. The molecule has 23 heavy (non-hydrogen) atoms. The fourth-order valence-electron chi connectivity index (χ4n) is 1.90. The molecule has 0 bridgehead atoms. The molecule has 4 nitrogen and oxygen atoms in total. The number of anilines is 2. The molecule has 1 aromatic carbocycles. The number of rotatable bonds is 3. The standard InChI is InChI=1S/C15H14F2N2O2S2/c1-7-8(2)23-13(12(7)14(20)21-3)19-15(22)18-9-4-5-10(16)11(17)6-9/h4-6H,1-3H3,(H2,18,19,22). The van der Waals surface area contributed by atoms with Crippen LogP contribution in [0.1, 0.15) is 20.8 Å². The predicted octanol–water partition coefficient (Wildman–Crippen LogP) is 4.24. The maximum Gasteiger partial charge on any atom is 0.341 e. The Hall–Kier alpha value is -2.06. The van der Waals surface area contributed by atoms with Crippen molar-refractivity contribution in [2.45, 2.75) is 13.8 Å². The molecule has 0 aliphatic heterocycles. The summed E-state index contributed by atoms with van der Waals surface area (Å²) in [5, 5.41) is 6.32. The summed E-state index contributed by atoms with van der Waals surface area (Å²) in [5.74, 6) is -2.38. The zero-order valence-electron chi connectivity index (χ0n) is 12.6. The van der Waals surface area contributed by atoms with Gasteiger partial charge in [-0.1, -0.05) is 0 Å². The van der Waals surface area contributed by atoms with Crippen LogP contribution in [0.25, 0.3) is 0 Å². The number of ether oxygens (including phenoxy) is 1. The number of hydrogen-bond donors (Lipinski definition) is 2. The Labute approximate surface area is 141 Å². The molecule has 1 aromatic heterocycles. The molecule has 0 aliphatic rings. The van der Waals surface area contributed by atoms with E-state index in [1.807, 2.05) is 13.8 Å². The van der Waals surface area contributed by atoms with E-state index in [1.165, 1.54) is 24.5 Å². The molecule has 0 radical (unpaired) electrons. The molecule has 122 valence electrons. The van der Waals surface area contributed by atoms with Crippen molar-refractivity contribution < 1.29 is 18.3 Å². The van der Waals surface area contributed by atoms with Gasteiger partial charge in [0.05, 0.1) is 12.7 Å². The normalized spacial score (nSPS) is 10.3. The second kappa shape index (κ2) is 7.01. The van der Waals surface area contributed by atoms with Gasteiger partial charge in [-0.15, -0.1) is 11.3 Å². The zero-order chi connectivity index (χ0) is 17.1. The Morgan fingerprint density at radius 3 is 2.52 bits per heavy atom. The first kappa shape index (κ1) is 17.3. The second-order valence-corrected chi connectivity index (χ2v) is 6.32. The molecule has 0 saturated carbocycles. The average molecular weight is 356 g/mol. The molecular weight excluding hydrogens is 342 g/mol. The van der Waals surface area contributed by atoms with Crippen LogP contribution >= 0.6 is 23.6 Å².